The Morgan fingerprint density at radius 3 is 2.47 bits per heavy atom. The van der Waals surface area contributed by atoms with Crippen molar-refractivity contribution in [2.75, 3.05) is 37.0 Å². The number of aromatic carboxylic acids is 1. The highest BCUT2D eigenvalue weighted by Crippen LogP contribution is 2.37. The van der Waals surface area contributed by atoms with Crippen molar-refractivity contribution in [1.82, 2.24) is 10.6 Å². The van der Waals surface area contributed by atoms with E-state index < -0.39 is 24.0 Å². The molecule has 3 aromatic rings. The van der Waals surface area contributed by atoms with Gasteiger partial charge in [0.25, 0.3) is 5.91 Å². The first-order valence-corrected chi connectivity index (χ1v) is 13.9. The van der Waals surface area contributed by atoms with Gasteiger partial charge in [0.05, 0.1) is 43.2 Å². The SMILES string of the molecule is CNC(C)C(=O)NC1CN(C(=O)CCCCN)c2ccccc2N(Cc2c(OC)ccc3cc(C(=O)O)ccc23)C1=O.Cl. The number of likely N-dealkylation sites (N-methyl/N-ethyl adjacent to an activating group) is 1. The lowest BCUT2D eigenvalue weighted by Gasteiger charge is -2.27. The van der Waals surface area contributed by atoms with Crippen molar-refractivity contribution in [3.05, 3.63) is 65.7 Å². The lowest BCUT2D eigenvalue weighted by atomic mass is 10.00. The van der Waals surface area contributed by atoms with Gasteiger partial charge in [-0.15, -0.1) is 12.4 Å². The molecule has 0 aliphatic carbocycles. The second-order valence-corrected chi connectivity index (χ2v) is 10.2. The highest BCUT2D eigenvalue weighted by atomic mass is 35.5. The molecule has 1 aliphatic heterocycles. The third-order valence-corrected chi connectivity index (χ3v) is 7.55. The zero-order valence-corrected chi connectivity index (χ0v) is 25.3. The maximum Gasteiger partial charge on any atom is 0.335 e. The van der Waals surface area contributed by atoms with Crippen LogP contribution in [-0.2, 0) is 20.9 Å². The van der Waals surface area contributed by atoms with E-state index in [1.807, 2.05) is 0 Å². The van der Waals surface area contributed by atoms with Crippen LogP contribution in [0.3, 0.4) is 0 Å². The first-order chi connectivity index (χ1) is 20.2. The highest BCUT2D eigenvalue weighted by molar-refractivity contribution is 6.08. The fraction of sp³-hybridized carbons (Fsp3) is 0.355. The van der Waals surface area contributed by atoms with E-state index in [1.165, 1.54) is 13.2 Å². The summed E-state index contributed by atoms with van der Waals surface area (Å²) >= 11 is 0. The van der Waals surface area contributed by atoms with Crippen LogP contribution in [0.15, 0.2) is 54.6 Å². The Hall–Kier alpha value is -4.19. The van der Waals surface area contributed by atoms with Crippen LogP contribution in [0, 0.1) is 0 Å². The molecule has 0 saturated heterocycles. The molecule has 11 nitrogen and oxygen atoms in total. The number of hydrogen-bond acceptors (Lipinski definition) is 7. The third-order valence-electron chi connectivity index (χ3n) is 7.55. The largest absolute Gasteiger partial charge is 0.496 e. The molecule has 5 N–H and O–H groups in total. The summed E-state index contributed by atoms with van der Waals surface area (Å²) in [6.07, 6.45) is 1.54. The Morgan fingerprint density at radius 2 is 1.81 bits per heavy atom. The summed E-state index contributed by atoms with van der Waals surface area (Å²) in [5.41, 5.74) is 7.50. The van der Waals surface area contributed by atoms with Crippen molar-refractivity contribution in [3.63, 3.8) is 0 Å². The number of carbonyl (C=O) groups excluding carboxylic acids is 3. The van der Waals surface area contributed by atoms with Crippen LogP contribution in [0.2, 0.25) is 0 Å². The molecule has 12 heteroatoms. The Bertz CT molecular complexity index is 1500. The molecule has 0 fully saturated rings. The molecular formula is C31H38ClN5O6. The number of nitrogens with one attached hydrogen (secondary N) is 2. The molecule has 3 aromatic carbocycles. The van der Waals surface area contributed by atoms with Crippen molar-refractivity contribution >= 4 is 58.2 Å². The first-order valence-electron chi connectivity index (χ1n) is 13.9. The molecule has 1 aliphatic rings. The van der Waals surface area contributed by atoms with Gasteiger partial charge in [-0.3, -0.25) is 14.4 Å². The van der Waals surface area contributed by atoms with Crippen molar-refractivity contribution in [2.45, 2.75) is 44.8 Å². The molecular weight excluding hydrogens is 574 g/mol. The van der Waals surface area contributed by atoms with E-state index in [9.17, 15) is 24.3 Å². The molecule has 0 spiro atoms. The average Bonchev–Trinajstić information content (AvgIpc) is 3.11. The molecule has 0 radical (unpaired) electrons. The number of ether oxygens (including phenoxy) is 1. The number of anilines is 2. The summed E-state index contributed by atoms with van der Waals surface area (Å²) in [6, 6.07) is 13.8. The van der Waals surface area contributed by atoms with E-state index in [1.54, 1.807) is 72.3 Å². The maximum atomic E-state index is 14.3. The van der Waals surface area contributed by atoms with Crippen molar-refractivity contribution in [1.29, 1.82) is 0 Å². The van der Waals surface area contributed by atoms with Gasteiger partial charge in [-0.1, -0.05) is 24.3 Å². The summed E-state index contributed by atoms with van der Waals surface area (Å²) in [4.78, 5) is 55.5. The number of carboxylic acid groups (broad SMARTS) is 1. The lowest BCUT2D eigenvalue weighted by molar-refractivity contribution is -0.128. The molecule has 4 rings (SSSR count). The van der Waals surface area contributed by atoms with Gasteiger partial charge in [-0.05, 0) is 74.5 Å². The topological polar surface area (TPSA) is 154 Å². The van der Waals surface area contributed by atoms with Gasteiger partial charge in [0, 0.05) is 12.0 Å². The Morgan fingerprint density at radius 1 is 1.09 bits per heavy atom. The fourth-order valence-electron chi connectivity index (χ4n) is 5.10. The second-order valence-electron chi connectivity index (χ2n) is 10.2. The number of para-hydroxylation sites is 2. The van der Waals surface area contributed by atoms with E-state index in [0.29, 0.717) is 52.8 Å². The number of carbonyl (C=O) groups is 4. The average molecular weight is 612 g/mol. The first kappa shape index (κ1) is 33.3. The van der Waals surface area contributed by atoms with Gasteiger partial charge in [0.1, 0.15) is 11.8 Å². The molecule has 2 unspecified atom stereocenters. The standard InChI is InChI=1S/C31H37N5O6.ClH/c1-19(33-2)29(38)34-24-18-35(28(37)10-6-7-15-32)25-8-4-5-9-26(25)36(30(24)39)17-23-22-13-11-21(31(40)41)16-20(22)12-14-27(23)42-3;/h4-5,8-9,11-14,16,19,24,33H,6-7,10,15,17-18,32H2,1-3H3,(H,34,38)(H,40,41);1H. The number of hydrogen-bond donors (Lipinski definition) is 4. The van der Waals surface area contributed by atoms with Gasteiger partial charge in [0.15, 0.2) is 0 Å². The number of nitrogens with zero attached hydrogens (tertiary/aromatic N) is 2. The van der Waals surface area contributed by atoms with Gasteiger partial charge in [0.2, 0.25) is 11.8 Å². The van der Waals surface area contributed by atoms with Crippen molar-refractivity contribution < 1.29 is 29.0 Å². The number of methoxy groups -OCH3 is 1. The van der Waals surface area contributed by atoms with Crippen LogP contribution in [-0.4, -0.2) is 68.1 Å². The zero-order valence-electron chi connectivity index (χ0n) is 24.5. The Kier molecular flexibility index (Phi) is 11.5. The van der Waals surface area contributed by atoms with Gasteiger partial charge < -0.3 is 36.0 Å². The maximum absolute atomic E-state index is 14.3. The fourth-order valence-corrected chi connectivity index (χ4v) is 5.10. The van der Waals surface area contributed by atoms with Crippen LogP contribution in [0.5, 0.6) is 5.75 Å². The van der Waals surface area contributed by atoms with Gasteiger partial charge >= 0.3 is 5.97 Å². The quantitative estimate of drug-likeness (QED) is 0.241. The van der Waals surface area contributed by atoms with E-state index >= 15 is 0 Å². The molecule has 0 saturated carbocycles. The normalized spacial score (nSPS) is 15.3. The Labute approximate surface area is 256 Å². The van der Waals surface area contributed by atoms with Crippen molar-refractivity contribution in [3.8, 4) is 5.75 Å². The molecule has 0 bridgehead atoms. The summed E-state index contributed by atoms with van der Waals surface area (Å²) < 4.78 is 5.67. The second kappa shape index (κ2) is 14.8. The van der Waals surface area contributed by atoms with E-state index in [-0.39, 0.29) is 49.3 Å². The number of amides is 3. The smallest absolute Gasteiger partial charge is 0.335 e. The minimum Gasteiger partial charge on any atom is -0.496 e. The van der Waals surface area contributed by atoms with Gasteiger partial charge in [-0.25, -0.2) is 4.79 Å². The molecule has 230 valence electrons. The summed E-state index contributed by atoms with van der Waals surface area (Å²) in [6.45, 7) is 2.17. The number of rotatable bonds is 11. The number of fused-ring (bicyclic) bond motifs is 2. The zero-order chi connectivity index (χ0) is 30.4. The number of unbranched alkanes of at least 4 members (excludes halogenated alkanes) is 1. The number of nitrogens with two attached hydrogens (primary N) is 1. The van der Waals surface area contributed by atoms with Crippen LogP contribution in [0.1, 0.15) is 42.1 Å². The predicted octanol–water partition coefficient (Wildman–Crippen LogP) is 3.07. The summed E-state index contributed by atoms with van der Waals surface area (Å²) in [5, 5.41) is 16.6. The molecule has 43 heavy (non-hydrogen) atoms. The summed E-state index contributed by atoms with van der Waals surface area (Å²) in [7, 11) is 3.18. The van der Waals surface area contributed by atoms with Crippen LogP contribution in [0.25, 0.3) is 10.8 Å². The Balaban J connectivity index is 0.00000506. The third kappa shape index (κ3) is 7.24. The lowest BCUT2D eigenvalue weighted by Crippen LogP contribution is -2.55. The van der Waals surface area contributed by atoms with Gasteiger partial charge in [-0.2, -0.15) is 0 Å². The van der Waals surface area contributed by atoms with E-state index in [4.69, 9.17) is 10.5 Å². The molecule has 3 amide bonds. The van der Waals surface area contributed by atoms with Crippen LogP contribution >= 0.6 is 12.4 Å². The minimum atomic E-state index is -1.04. The summed E-state index contributed by atoms with van der Waals surface area (Å²) in [5.74, 6) is -1.47. The number of carboxylic acids is 1. The minimum absolute atomic E-state index is 0. The molecule has 1 heterocycles. The highest BCUT2D eigenvalue weighted by Gasteiger charge is 2.37. The van der Waals surface area contributed by atoms with E-state index in [2.05, 4.69) is 10.6 Å². The van der Waals surface area contributed by atoms with Crippen LogP contribution in [0.4, 0.5) is 11.4 Å². The number of benzene rings is 3. The number of halogens is 1. The van der Waals surface area contributed by atoms with E-state index in [0.717, 1.165) is 0 Å². The predicted molar refractivity (Wildman–Crippen MR) is 168 cm³/mol. The van der Waals surface area contributed by atoms with Crippen LogP contribution < -0.4 is 30.9 Å². The molecule has 0 aromatic heterocycles. The van der Waals surface area contributed by atoms with Crippen molar-refractivity contribution in [2.24, 2.45) is 5.73 Å². The molecule has 2 atom stereocenters. The monoisotopic (exact) mass is 611 g/mol.